The molecular weight excluding hydrogens is 356 g/mol. The van der Waals surface area contributed by atoms with Gasteiger partial charge in [0.1, 0.15) is 5.82 Å². The molecule has 3 aromatic rings. The zero-order valence-corrected chi connectivity index (χ0v) is 16.4. The Labute approximate surface area is 164 Å². The van der Waals surface area contributed by atoms with Crippen molar-refractivity contribution in [1.82, 2.24) is 20.1 Å². The Morgan fingerprint density at radius 3 is 2.41 bits per heavy atom. The second kappa shape index (κ2) is 9.37. The lowest BCUT2D eigenvalue weighted by Gasteiger charge is -2.14. The molecule has 0 aliphatic carbocycles. The molecule has 5 nitrogen and oxygen atoms in total. The molecule has 1 atom stereocenters. The van der Waals surface area contributed by atoms with Crippen LogP contribution in [0.4, 0.5) is 0 Å². The van der Waals surface area contributed by atoms with Crippen molar-refractivity contribution in [2.45, 2.75) is 38.0 Å². The topological polar surface area (TPSA) is 59.8 Å². The van der Waals surface area contributed by atoms with Crippen molar-refractivity contribution in [2.75, 3.05) is 5.75 Å². The summed E-state index contributed by atoms with van der Waals surface area (Å²) in [4.78, 5) is 12.3. The maximum atomic E-state index is 12.3. The van der Waals surface area contributed by atoms with Crippen LogP contribution in [0.15, 0.2) is 65.8 Å². The van der Waals surface area contributed by atoms with Crippen LogP contribution < -0.4 is 5.32 Å². The molecule has 0 saturated carbocycles. The standard InChI is InChI=1S/C21H24N4OS/c1-3-25-19(14-17-10-6-4-7-11-17)23-24-21(25)27-15-20(26)22-16(2)18-12-8-5-9-13-18/h4-13,16H,3,14-15H2,1-2H3,(H,22,26)/t16-/m0/s1. The fourth-order valence-corrected chi connectivity index (χ4v) is 3.72. The molecule has 1 aromatic heterocycles. The smallest absolute Gasteiger partial charge is 0.230 e. The zero-order valence-electron chi connectivity index (χ0n) is 15.6. The summed E-state index contributed by atoms with van der Waals surface area (Å²) < 4.78 is 2.07. The molecule has 1 amide bonds. The summed E-state index contributed by atoms with van der Waals surface area (Å²) in [7, 11) is 0. The summed E-state index contributed by atoms with van der Waals surface area (Å²) in [6, 6.07) is 20.2. The van der Waals surface area contributed by atoms with Crippen LogP contribution in [0.1, 0.15) is 36.8 Å². The largest absolute Gasteiger partial charge is 0.349 e. The molecule has 2 aromatic carbocycles. The molecule has 0 aliphatic heterocycles. The van der Waals surface area contributed by atoms with Crippen molar-refractivity contribution in [2.24, 2.45) is 0 Å². The van der Waals surface area contributed by atoms with Crippen molar-refractivity contribution in [3.63, 3.8) is 0 Å². The number of thioether (sulfide) groups is 1. The van der Waals surface area contributed by atoms with Crippen LogP contribution in [0.5, 0.6) is 0 Å². The van der Waals surface area contributed by atoms with Gasteiger partial charge >= 0.3 is 0 Å². The first-order chi connectivity index (χ1) is 13.2. The van der Waals surface area contributed by atoms with E-state index in [0.717, 1.165) is 29.5 Å². The van der Waals surface area contributed by atoms with Gasteiger partial charge in [0.2, 0.25) is 5.91 Å². The Balaban J connectivity index is 1.58. The summed E-state index contributed by atoms with van der Waals surface area (Å²) in [5.74, 6) is 1.23. The average Bonchev–Trinajstić information content (AvgIpc) is 3.09. The van der Waals surface area contributed by atoms with E-state index in [2.05, 4.69) is 39.1 Å². The van der Waals surface area contributed by atoms with E-state index >= 15 is 0 Å². The zero-order chi connectivity index (χ0) is 19.1. The Hall–Kier alpha value is -2.60. The summed E-state index contributed by atoms with van der Waals surface area (Å²) in [6.07, 6.45) is 0.736. The minimum Gasteiger partial charge on any atom is -0.349 e. The van der Waals surface area contributed by atoms with Crippen LogP contribution in [-0.2, 0) is 17.8 Å². The quantitative estimate of drug-likeness (QED) is 0.603. The van der Waals surface area contributed by atoms with Gasteiger partial charge in [0.05, 0.1) is 11.8 Å². The molecule has 0 aliphatic rings. The van der Waals surface area contributed by atoms with Gasteiger partial charge in [0.25, 0.3) is 0 Å². The van der Waals surface area contributed by atoms with Crippen molar-refractivity contribution in [3.05, 3.63) is 77.6 Å². The molecule has 140 valence electrons. The lowest BCUT2D eigenvalue weighted by Crippen LogP contribution is -2.28. The number of carbonyl (C=O) groups excluding carboxylic acids is 1. The number of nitrogens with one attached hydrogen (secondary N) is 1. The van der Waals surface area contributed by atoms with Crippen LogP contribution in [0.25, 0.3) is 0 Å². The molecule has 0 unspecified atom stereocenters. The molecule has 0 spiro atoms. The van der Waals surface area contributed by atoms with Gasteiger partial charge in [0, 0.05) is 13.0 Å². The van der Waals surface area contributed by atoms with Crippen LogP contribution in [-0.4, -0.2) is 26.4 Å². The molecule has 1 heterocycles. The van der Waals surface area contributed by atoms with E-state index in [1.54, 1.807) is 0 Å². The van der Waals surface area contributed by atoms with Gasteiger partial charge in [-0.2, -0.15) is 0 Å². The highest BCUT2D eigenvalue weighted by Gasteiger charge is 2.15. The predicted molar refractivity (Wildman–Crippen MR) is 109 cm³/mol. The van der Waals surface area contributed by atoms with Gasteiger partial charge in [-0.1, -0.05) is 72.4 Å². The summed E-state index contributed by atoms with van der Waals surface area (Å²) in [6.45, 7) is 4.84. The first kappa shape index (κ1) is 19.2. The first-order valence-corrected chi connectivity index (χ1v) is 10.1. The van der Waals surface area contributed by atoms with Gasteiger partial charge in [-0.25, -0.2) is 0 Å². The van der Waals surface area contributed by atoms with Gasteiger partial charge in [-0.15, -0.1) is 10.2 Å². The predicted octanol–water partition coefficient (Wildman–Crippen LogP) is 3.86. The molecule has 1 N–H and O–H groups in total. The first-order valence-electron chi connectivity index (χ1n) is 9.10. The highest BCUT2D eigenvalue weighted by atomic mass is 32.2. The number of amides is 1. The van der Waals surface area contributed by atoms with Gasteiger partial charge < -0.3 is 9.88 Å². The summed E-state index contributed by atoms with van der Waals surface area (Å²) in [5, 5.41) is 12.4. The van der Waals surface area contributed by atoms with Crippen molar-refractivity contribution >= 4 is 17.7 Å². The Bertz CT molecular complexity index is 864. The van der Waals surface area contributed by atoms with E-state index in [1.807, 2.05) is 55.5 Å². The highest BCUT2D eigenvalue weighted by molar-refractivity contribution is 7.99. The number of nitrogens with zero attached hydrogens (tertiary/aromatic N) is 3. The van der Waals surface area contributed by atoms with Gasteiger partial charge in [-0.3, -0.25) is 4.79 Å². The summed E-state index contributed by atoms with van der Waals surface area (Å²) in [5.41, 5.74) is 2.29. The van der Waals surface area contributed by atoms with Gasteiger partial charge in [0.15, 0.2) is 5.16 Å². The van der Waals surface area contributed by atoms with E-state index < -0.39 is 0 Å². The fraction of sp³-hybridized carbons (Fsp3) is 0.286. The lowest BCUT2D eigenvalue weighted by atomic mass is 10.1. The number of rotatable bonds is 8. The summed E-state index contributed by atoms with van der Waals surface area (Å²) >= 11 is 1.43. The molecule has 3 rings (SSSR count). The fourth-order valence-electron chi connectivity index (χ4n) is 2.89. The normalized spacial score (nSPS) is 11.9. The SMILES string of the molecule is CCn1c(Cc2ccccc2)nnc1SCC(=O)N[C@@H](C)c1ccccc1. The van der Waals surface area contributed by atoms with Crippen LogP contribution >= 0.6 is 11.8 Å². The van der Waals surface area contributed by atoms with E-state index in [4.69, 9.17) is 0 Å². The highest BCUT2D eigenvalue weighted by Crippen LogP contribution is 2.19. The maximum absolute atomic E-state index is 12.3. The lowest BCUT2D eigenvalue weighted by molar-refractivity contribution is -0.119. The van der Waals surface area contributed by atoms with Crippen molar-refractivity contribution in [3.8, 4) is 0 Å². The van der Waals surface area contributed by atoms with E-state index in [1.165, 1.54) is 17.3 Å². The van der Waals surface area contributed by atoms with Crippen LogP contribution in [0.3, 0.4) is 0 Å². The second-order valence-electron chi connectivity index (χ2n) is 6.29. The third kappa shape index (κ3) is 5.20. The monoisotopic (exact) mass is 380 g/mol. The molecule has 0 saturated heterocycles. The number of hydrogen-bond donors (Lipinski definition) is 1. The Morgan fingerprint density at radius 2 is 1.74 bits per heavy atom. The number of hydrogen-bond acceptors (Lipinski definition) is 4. The minimum absolute atomic E-state index is 0.00776. The molecule has 6 heteroatoms. The second-order valence-corrected chi connectivity index (χ2v) is 7.24. The molecule has 0 radical (unpaired) electrons. The van der Waals surface area contributed by atoms with E-state index in [9.17, 15) is 4.79 Å². The van der Waals surface area contributed by atoms with Gasteiger partial charge in [-0.05, 0) is 25.0 Å². The van der Waals surface area contributed by atoms with Crippen LogP contribution in [0, 0.1) is 0 Å². The average molecular weight is 381 g/mol. The Morgan fingerprint density at radius 1 is 1.07 bits per heavy atom. The molecule has 0 fully saturated rings. The third-order valence-corrected chi connectivity index (χ3v) is 5.29. The third-order valence-electron chi connectivity index (χ3n) is 4.32. The van der Waals surface area contributed by atoms with Crippen LogP contribution in [0.2, 0.25) is 0 Å². The number of carbonyl (C=O) groups is 1. The Kier molecular flexibility index (Phi) is 6.65. The van der Waals surface area contributed by atoms with E-state index in [0.29, 0.717) is 5.75 Å². The number of benzene rings is 2. The van der Waals surface area contributed by atoms with Crippen molar-refractivity contribution < 1.29 is 4.79 Å². The molecular formula is C21H24N4OS. The molecule has 27 heavy (non-hydrogen) atoms. The molecule has 0 bridgehead atoms. The minimum atomic E-state index is -0.0167. The maximum Gasteiger partial charge on any atom is 0.230 e. The van der Waals surface area contributed by atoms with E-state index in [-0.39, 0.29) is 11.9 Å². The number of aromatic nitrogens is 3. The van der Waals surface area contributed by atoms with Crippen molar-refractivity contribution in [1.29, 1.82) is 0 Å².